The van der Waals surface area contributed by atoms with Crippen molar-refractivity contribution in [3.8, 4) is 0 Å². The van der Waals surface area contributed by atoms with Crippen LogP contribution >= 0.6 is 11.8 Å². The summed E-state index contributed by atoms with van der Waals surface area (Å²) in [6, 6.07) is 7.77. The quantitative estimate of drug-likeness (QED) is 0.874. The molecule has 2 N–H and O–H groups in total. The topological polar surface area (TPSA) is 65.2 Å². The first kappa shape index (κ1) is 15.4. The second-order valence-electron chi connectivity index (χ2n) is 4.67. The molecule has 0 radical (unpaired) electrons. The third kappa shape index (κ3) is 3.55. The van der Waals surface area contributed by atoms with Crippen molar-refractivity contribution in [2.45, 2.75) is 30.7 Å². The molecule has 21 heavy (non-hydrogen) atoms. The maximum atomic E-state index is 11.8. The number of nitrogens with two attached hydrogens (primary N) is 1. The van der Waals surface area contributed by atoms with Crippen LogP contribution in [0.2, 0.25) is 0 Å². The van der Waals surface area contributed by atoms with E-state index in [1.807, 2.05) is 19.1 Å². The Labute approximate surface area is 128 Å². The summed E-state index contributed by atoms with van der Waals surface area (Å²) < 4.78 is 5.00. The Hall–Kier alpha value is -2.01. The SMILES string of the molecule is CCOC(=O)c1ccnc(Sc2ccc(C)cc2C)c1N. The van der Waals surface area contributed by atoms with Crippen molar-refractivity contribution in [3.63, 3.8) is 0 Å². The van der Waals surface area contributed by atoms with Crippen molar-refractivity contribution in [3.05, 3.63) is 47.2 Å². The molecule has 5 heteroatoms. The number of carbonyl (C=O) groups excluding carboxylic acids is 1. The molecule has 0 bridgehead atoms. The summed E-state index contributed by atoms with van der Waals surface area (Å²) in [5.41, 5.74) is 9.14. The largest absolute Gasteiger partial charge is 0.462 e. The minimum atomic E-state index is -0.417. The van der Waals surface area contributed by atoms with Crippen LogP contribution in [0.1, 0.15) is 28.4 Å². The molecule has 1 aromatic carbocycles. The lowest BCUT2D eigenvalue weighted by Gasteiger charge is -2.10. The zero-order chi connectivity index (χ0) is 15.4. The number of carbonyl (C=O) groups is 1. The van der Waals surface area contributed by atoms with Gasteiger partial charge in [0.05, 0.1) is 17.9 Å². The van der Waals surface area contributed by atoms with Gasteiger partial charge in [-0.2, -0.15) is 0 Å². The number of rotatable bonds is 4. The van der Waals surface area contributed by atoms with Crippen LogP contribution in [0, 0.1) is 13.8 Å². The van der Waals surface area contributed by atoms with Crippen molar-refractivity contribution in [2.24, 2.45) is 0 Å². The van der Waals surface area contributed by atoms with E-state index in [0.717, 1.165) is 10.5 Å². The van der Waals surface area contributed by atoms with Crippen molar-refractivity contribution in [2.75, 3.05) is 12.3 Å². The van der Waals surface area contributed by atoms with Gasteiger partial charge in [-0.25, -0.2) is 9.78 Å². The third-order valence-corrected chi connectivity index (χ3v) is 4.18. The molecule has 0 spiro atoms. The fraction of sp³-hybridized carbons (Fsp3) is 0.250. The fourth-order valence-electron chi connectivity index (χ4n) is 1.94. The highest BCUT2D eigenvalue weighted by Gasteiger charge is 2.15. The summed E-state index contributed by atoms with van der Waals surface area (Å²) >= 11 is 1.46. The van der Waals surface area contributed by atoms with E-state index >= 15 is 0 Å². The average Bonchev–Trinajstić information content (AvgIpc) is 2.44. The van der Waals surface area contributed by atoms with Crippen LogP contribution in [0.4, 0.5) is 5.69 Å². The standard InChI is InChI=1S/C16H18N2O2S/c1-4-20-16(19)12-7-8-18-15(14(12)17)21-13-6-5-10(2)9-11(13)3/h5-9H,4,17H2,1-3H3. The first-order valence-corrected chi connectivity index (χ1v) is 7.51. The summed E-state index contributed by atoms with van der Waals surface area (Å²) in [6.45, 7) is 6.18. The minimum absolute atomic E-state index is 0.320. The van der Waals surface area contributed by atoms with Gasteiger partial charge in [0.2, 0.25) is 0 Å². The predicted molar refractivity (Wildman–Crippen MR) is 84.6 cm³/mol. The number of pyridine rings is 1. The average molecular weight is 302 g/mol. The first-order valence-electron chi connectivity index (χ1n) is 6.69. The van der Waals surface area contributed by atoms with Crippen molar-refractivity contribution in [1.82, 2.24) is 4.98 Å². The second-order valence-corrected chi connectivity index (χ2v) is 5.70. The molecule has 0 aliphatic carbocycles. The van der Waals surface area contributed by atoms with E-state index in [1.54, 1.807) is 19.2 Å². The molecule has 1 aromatic heterocycles. The molecule has 0 unspecified atom stereocenters. The lowest BCUT2D eigenvalue weighted by atomic mass is 10.2. The summed E-state index contributed by atoms with van der Waals surface area (Å²) in [5, 5.41) is 0.618. The number of ether oxygens (including phenoxy) is 1. The predicted octanol–water partition coefficient (Wildman–Crippen LogP) is 3.61. The lowest BCUT2D eigenvalue weighted by molar-refractivity contribution is 0.0527. The molecule has 0 aliphatic heterocycles. The Morgan fingerprint density at radius 1 is 1.33 bits per heavy atom. The van der Waals surface area contributed by atoms with E-state index in [-0.39, 0.29) is 0 Å². The van der Waals surface area contributed by atoms with Crippen LogP contribution in [0.3, 0.4) is 0 Å². The van der Waals surface area contributed by atoms with Gasteiger partial charge in [-0.05, 0) is 38.5 Å². The van der Waals surface area contributed by atoms with E-state index in [9.17, 15) is 4.79 Å². The lowest BCUT2D eigenvalue weighted by Crippen LogP contribution is -2.09. The molecule has 2 rings (SSSR count). The number of nitrogen functional groups attached to an aromatic ring is 1. The van der Waals surface area contributed by atoms with Crippen LogP contribution in [0.5, 0.6) is 0 Å². The molecule has 0 aliphatic rings. The highest BCUT2D eigenvalue weighted by atomic mass is 32.2. The van der Waals surface area contributed by atoms with Crippen molar-refractivity contribution >= 4 is 23.4 Å². The molecule has 0 saturated carbocycles. The van der Waals surface area contributed by atoms with E-state index < -0.39 is 5.97 Å². The van der Waals surface area contributed by atoms with Gasteiger partial charge in [0.25, 0.3) is 0 Å². The van der Waals surface area contributed by atoms with Gasteiger partial charge >= 0.3 is 5.97 Å². The van der Waals surface area contributed by atoms with E-state index in [4.69, 9.17) is 10.5 Å². The van der Waals surface area contributed by atoms with Crippen molar-refractivity contribution < 1.29 is 9.53 Å². The molecule has 1 heterocycles. The van der Waals surface area contributed by atoms with Crippen LogP contribution in [0.15, 0.2) is 40.4 Å². The molecule has 0 amide bonds. The number of aromatic nitrogens is 1. The number of anilines is 1. The molecule has 0 fully saturated rings. The summed E-state index contributed by atoms with van der Waals surface area (Å²) in [6.07, 6.45) is 1.58. The summed E-state index contributed by atoms with van der Waals surface area (Å²) in [4.78, 5) is 17.2. The van der Waals surface area contributed by atoms with Crippen LogP contribution in [-0.4, -0.2) is 17.6 Å². The first-order chi connectivity index (χ1) is 10.0. The Kier molecular flexibility index (Phi) is 4.85. The van der Waals surface area contributed by atoms with Gasteiger partial charge in [-0.1, -0.05) is 29.5 Å². The Morgan fingerprint density at radius 2 is 2.10 bits per heavy atom. The number of benzene rings is 1. The summed E-state index contributed by atoms with van der Waals surface area (Å²) in [5.74, 6) is -0.417. The molecular weight excluding hydrogens is 284 g/mol. The fourth-order valence-corrected chi connectivity index (χ4v) is 2.84. The van der Waals surface area contributed by atoms with Crippen LogP contribution in [0.25, 0.3) is 0 Å². The zero-order valence-electron chi connectivity index (χ0n) is 12.3. The number of aryl methyl sites for hydroxylation is 2. The number of hydrogen-bond acceptors (Lipinski definition) is 5. The number of esters is 1. The maximum Gasteiger partial charge on any atom is 0.340 e. The van der Waals surface area contributed by atoms with Crippen LogP contribution < -0.4 is 5.73 Å². The summed E-state index contributed by atoms with van der Waals surface area (Å²) in [7, 11) is 0. The van der Waals surface area contributed by atoms with E-state index in [0.29, 0.717) is 22.9 Å². The highest BCUT2D eigenvalue weighted by Crippen LogP contribution is 2.34. The molecule has 0 saturated heterocycles. The van der Waals surface area contributed by atoms with Crippen LogP contribution in [-0.2, 0) is 4.74 Å². The number of hydrogen-bond donors (Lipinski definition) is 1. The minimum Gasteiger partial charge on any atom is -0.462 e. The van der Waals surface area contributed by atoms with E-state index in [1.165, 1.54) is 17.3 Å². The smallest absolute Gasteiger partial charge is 0.340 e. The molecule has 4 nitrogen and oxygen atoms in total. The van der Waals surface area contributed by atoms with Crippen molar-refractivity contribution in [1.29, 1.82) is 0 Å². The Bertz CT molecular complexity index is 671. The molecule has 110 valence electrons. The van der Waals surface area contributed by atoms with Gasteiger partial charge in [0, 0.05) is 11.1 Å². The second kappa shape index (κ2) is 6.63. The van der Waals surface area contributed by atoms with Gasteiger partial charge in [0.15, 0.2) is 0 Å². The maximum absolute atomic E-state index is 11.8. The van der Waals surface area contributed by atoms with Gasteiger partial charge in [-0.15, -0.1) is 0 Å². The van der Waals surface area contributed by atoms with E-state index in [2.05, 4.69) is 18.0 Å². The monoisotopic (exact) mass is 302 g/mol. The molecular formula is C16H18N2O2S. The molecule has 0 atom stereocenters. The van der Waals surface area contributed by atoms with Gasteiger partial charge < -0.3 is 10.5 Å². The Morgan fingerprint density at radius 3 is 2.76 bits per heavy atom. The molecule has 2 aromatic rings. The highest BCUT2D eigenvalue weighted by molar-refractivity contribution is 7.99. The Balaban J connectivity index is 2.32. The van der Waals surface area contributed by atoms with Gasteiger partial charge in [-0.3, -0.25) is 0 Å². The van der Waals surface area contributed by atoms with Gasteiger partial charge in [0.1, 0.15) is 5.03 Å². The zero-order valence-corrected chi connectivity index (χ0v) is 13.2. The normalized spacial score (nSPS) is 10.4. The number of nitrogens with zero attached hydrogens (tertiary/aromatic N) is 1. The third-order valence-electron chi connectivity index (χ3n) is 2.99.